The van der Waals surface area contributed by atoms with Crippen molar-refractivity contribution in [1.82, 2.24) is 10.3 Å². The van der Waals surface area contributed by atoms with Crippen molar-refractivity contribution < 1.29 is 29.3 Å². The standard InChI is InChI=1S/C39H36N2O6S/c1-25-35(24-48-34-17-15-30(16-18-34)38(44)45)46-39(47-36(25)29-9-7-26(23-42)8-10-29)31-13-11-28(12-14-31)32-5-2-4-27(20-32)21-41-37(43)33-6-3-19-40-22-33/h2-20,22,25,35-36,39,42H,21,23-24H2,1H3,(H,41,43)(H,44,45)/t25-,35+,36+,39+/m0/s1. The minimum absolute atomic E-state index is 0.0210. The number of carbonyl (C=O) groups excluding carboxylic acids is 1. The summed E-state index contributed by atoms with van der Waals surface area (Å²) < 4.78 is 13.2. The minimum atomic E-state index is -0.949. The van der Waals surface area contributed by atoms with Gasteiger partial charge in [0.05, 0.1) is 29.9 Å². The predicted octanol–water partition coefficient (Wildman–Crippen LogP) is 7.45. The van der Waals surface area contributed by atoms with Crippen LogP contribution in [0, 0.1) is 5.92 Å². The second-order valence-electron chi connectivity index (χ2n) is 11.7. The van der Waals surface area contributed by atoms with Crippen molar-refractivity contribution in [2.24, 2.45) is 5.92 Å². The lowest BCUT2D eigenvalue weighted by Crippen LogP contribution is -2.38. The molecule has 1 aliphatic heterocycles. The third-order valence-corrected chi connectivity index (χ3v) is 9.56. The van der Waals surface area contributed by atoms with Crippen LogP contribution in [0.3, 0.4) is 0 Å². The first-order chi connectivity index (χ1) is 23.4. The summed E-state index contributed by atoms with van der Waals surface area (Å²) in [5, 5.41) is 21.8. The molecule has 4 atom stereocenters. The molecule has 9 heteroatoms. The van der Waals surface area contributed by atoms with E-state index in [4.69, 9.17) is 9.47 Å². The van der Waals surface area contributed by atoms with Gasteiger partial charge in [-0.15, -0.1) is 11.8 Å². The van der Waals surface area contributed by atoms with Gasteiger partial charge in [0.25, 0.3) is 5.91 Å². The maximum Gasteiger partial charge on any atom is 0.335 e. The van der Waals surface area contributed by atoms with E-state index in [-0.39, 0.29) is 36.2 Å². The molecule has 0 aliphatic carbocycles. The molecule has 1 saturated heterocycles. The Labute approximate surface area is 283 Å². The Balaban J connectivity index is 1.18. The second-order valence-corrected chi connectivity index (χ2v) is 12.8. The lowest BCUT2D eigenvalue weighted by atomic mass is 9.91. The van der Waals surface area contributed by atoms with Crippen molar-refractivity contribution in [1.29, 1.82) is 0 Å². The van der Waals surface area contributed by atoms with Crippen LogP contribution >= 0.6 is 11.8 Å². The van der Waals surface area contributed by atoms with Crippen molar-refractivity contribution in [3.8, 4) is 11.1 Å². The topological polar surface area (TPSA) is 118 Å². The van der Waals surface area contributed by atoms with Crippen molar-refractivity contribution in [3.05, 3.63) is 155 Å². The summed E-state index contributed by atoms with van der Waals surface area (Å²) in [6.07, 6.45) is 2.18. The highest BCUT2D eigenvalue weighted by atomic mass is 32.2. The fraction of sp³-hybridized carbons (Fsp3) is 0.205. The zero-order valence-corrected chi connectivity index (χ0v) is 27.2. The van der Waals surface area contributed by atoms with Crippen LogP contribution in [0.1, 0.15) is 62.3 Å². The molecule has 5 aromatic rings. The largest absolute Gasteiger partial charge is 0.478 e. The molecule has 0 unspecified atom stereocenters. The number of aliphatic hydroxyl groups is 1. The number of hydrogen-bond donors (Lipinski definition) is 3. The summed E-state index contributed by atoms with van der Waals surface area (Å²) in [4.78, 5) is 28.7. The zero-order chi connectivity index (χ0) is 33.5. The minimum Gasteiger partial charge on any atom is -0.478 e. The SMILES string of the molecule is C[C@H]1[C@@H](CSc2ccc(C(=O)O)cc2)O[C@@H](c2ccc(-c3cccc(CNC(=O)c4cccnc4)c3)cc2)O[C@H]1c1ccc(CO)cc1. The highest BCUT2D eigenvalue weighted by Gasteiger charge is 2.38. The van der Waals surface area contributed by atoms with Gasteiger partial charge in [0.2, 0.25) is 0 Å². The summed E-state index contributed by atoms with van der Waals surface area (Å²) in [5.74, 6) is -0.446. The van der Waals surface area contributed by atoms with Gasteiger partial charge in [-0.3, -0.25) is 9.78 Å². The molecule has 48 heavy (non-hydrogen) atoms. The van der Waals surface area contributed by atoms with Crippen molar-refractivity contribution in [3.63, 3.8) is 0 Å². The number of thioether (sulfide) groups is 1. The van der Waals surface area contributed by atoms with Crippen molar-refractivity contribution in [2.75, 3.05) is 5.75 Å². The number of amides is 1. The van der Waals surface area contributed by atoms with Crippen LogP contribution in [-0.4, -0.2) is 38.9 Å². The normalized spacial score (nSPS) is 19.0. The second kappa shape index (κ2) is 15.4. The Hall–Kier alpha value is -4.80. The van der Waals surface area contributed by atoms with Crippen molar-refractivity contribution >= 4 is 23.6 Å². The molecule has 4 aromatic carbocycles. The highest BCUT2D eigenvalue weighted by Crippen LogP contribution is 2.43. The molecule has 6 rings (SSSR count). The molecule has 1 fully saturated rings. The van der Waals surface area contributed by atoms with E-state index in [1.807, 2.05) is 78.9 Å². The number of benzene rings is 4. The molecule has 0 radical (unpaired) electrons. The number of rotatable bonds is 11. The summed E-state index contributed by atoms with van der Waals surface area (Å²) >= 11 is 1.62. The van der Waals surface area contributed by atoms with Gasteiger partial charge in [-0.05, 0) is 70.3 Å². The molecular formula is C39H36N2O6S. The van der Waals surface area contributed by atoms with E-state index in [1.54, 1.807) is 48.4 Å². The number of carboxylic acids is 1. The van der Waals surface area contributed by atoms with Gasteiger partial charge < -0.3 is 25.0 Å². The van der Waals surface area contributed by atoms with Gasteiger partial charge >= 0.3 is 5.97 Å². The van der Waals surface area contributed by atoms with Crippen LogP contribution in [0.4, 0.5) is 0 Å². The molecule has 1 aliphatic rings. The Kier molecular flexibility index (Phi) is 10.6. The number of carbonyl (C=O) groups is 2. The molecule has 3 N–H and O–H groups in total. The number of ether oxygens (including phenoxy) is 2. The van der Waals surface area contributed by atoms with E-state index in [9.17, 15) is 19.8 Å². The molecule has 0 saturated carbocycles. The molecule has 244 valence electrons. The average Bonchev–Trinajstić information content (AvgIpc) is 3.14. The molecule has 1 aromatic heterocycles. The number of aliphatic hydroxyl groups excluding tert-OH is 1. The maximum atomic E-state index is 12.5. The van der Waals surface area contributed by atoms with E-state index in [2.05, 4.69) is 23.3 Å². The number of hydrogen-bond acceptors (Lipinski definition) is 7. The Morgan fingerprint density at radius 2 is 1.56 bits per heavy atom. The van der Waals surface area contributed by atoms with Crippen LogP contribution in [0.25, 0.3) is 11.1 Å². The van der Waals surface area contributed by atoms with E-state index in [0.29, 0.717) is 17.9 Å². The molecular weight excluding hydrogens is 625 g/mol. The van der Waals surface area contributed by atoms with Gasteiger partial charge in [0, 0.05) is 41.1 Å². The van der Waals surface area contributed by atoms with Crippen molar-refractivity contribution in [2.45, 2.75) is 43.5 Å². The third-order valence-electron chi connectivity index (χ3n) is 8.46. The summed E-state index contributed by atoms with van der Waals surface area (Å²) in [5.41, 5.74) is 6.54. The molecule has 0 bridgehead atoms. The summed E-state index contributed by atoms with van der Waals surface area (Å²) in [6, 6.07) is 34.4. The quantitative estimate of drug-likeness (QED) is 0.125. The lowest BCUT2D eigenvalue weighted by molar-refractivity contribution is -0.268. The Bertz CT molecular complexity index is 1830. The van der Waals surface area contributed by atoms with Gasteiger partial charge in [0.1, 0.15) is 0 Å². The van der Waals surface area contributed by atoms with Crippen LogP contribution in [-0.2, 0) is 22.6 Å². The van der Waals surface area contributed by atoms with Crippen LogP contribution < -0.4 is 5.32 Å². The molecule has 1 amide bonds. The maximum absolute atomic E-state index is 12.5. The third kappa shape index (κ3) is 8.00. The Morgan fingerprint density at radius 3 is 2.25 bits per heavy atom. The highest BCUT2D eigenvalue weighted by molar-refractivity contribution is 7.99. The first kappa shape index (κ1) is 33.1. The van der Waals surface area contributed by atoms with Crippen LogP contribution in [0.2, 0.25) is 0 Å². The monoisotopic (exact) mass is 660 g/mol. The van der Waals surface area contributed by atoms with Gasteiger partial charge in [-0.2, -0.15) is 0 Å². The number of pyridine rings is 1. The average molecular weight is 661 g/mol. The molecule has 0 spiro atoms. The fourth-order valence-electron chi connectivity index (χ4n) is 5.66. The molecule has 8 nitrogen and oxygen atoms in total. The van der Waals surface area contributed by atoms with Gasteiger partial charge in [-0.25, -0.2) is 4.79 Å². The zero-order valence-electron chi connectivity index (χ0n) is 26.4. The molecule has 2 heterocycles. The lowest BCUT2D eigenvalue weighted by Gasteiger charge is -2.41. The van der Waals surface area contributed by atoms with Crippen LogP contribution in [0.15, 0.2) is 126 Å². The van der Waals surface area contributed by atoms with Crippen LogP contribution in [0.5, 0.6) is 0 Å². The van der Waals surface area contributed by atoms with Gasteiger partial charge in [0.15, 0.2) is 6.29 Å². The van der Waals surface area contributed by atoms with E-state index in [0.717, 1.165) is 38.3 Å². The predicted molar refractivity (Wildman–Crippen MR) is 184 cm³/mol. The summed E-state index contributed by atoms with van der Waals surface area (Å²) in [6.45, 7) is 2.49. The van der Waals surface area contributed by atoms with E-state index in [1.165, 1.54) is 0 Å². The number of aromatic carboxylic acids is 1. The fourth-order valence-corrected chi connectivity index (χ4v) is 6.72. The first-order valence-electron chi connectivity index (χ1n) is 15.7. The number of nitrogens with zero attached hydrogens (tertiary/aromatic N) is 1. The number of carboxylic acid groups (broad SMARTS) is 1. The van der Waals surface area contributed by atoms with E-state index < -0.39 is 12.3 Å². The Morgan fingerprint density at radius 1 is 0.812 bits per heavy atom. The number of aromatic nitrogens is 1. The van der Waals surface area contributed by atoms with E-state index >= 15 is 0 Å². The smallest absolute Gasteiger partial charge is 0.335 e. The summed E-state index contributed by atoms with van der Waals surface area (Å²) in [7, 11) is 0. The first-order valence-corrected chi connectivity index (χ1v) is 16.7. The van der Waals surface area contributed by atoms with Gasteiger partial charge in [-0.1, -0.05) is 73.7 Å². The number of nitrogens with one attached hydrogen (secondary N) is 1.